The van der Waals surface area contributed by atoms with E-state index < -0.39 is 0 Å². The number of hydrogen-bond acceptors (Lipinski definition) is 6. The molecule has 6 nitrogen and oxygen atoms in total. The number of phenolic OH excluding ortho intramolecular Hbond substituents is 1. The Kier molecular flexibility index (Phi) is 3.02. The summed E-state index contributed by atoms with van der Waals surface area (Å²) in [7, 11) is 0. The van der Waals surface area contributed by atoms with Gasteiger partial charge in [0.25, 0.3) is 0 Å². The van der Waals surface area contributed by atoms with E-state index in [-0.39, 0.29) is 5.75 Å². The summed E-state index contributed by atoms with van der Waals surface area (Å²) in [6, 6.07) is 6.84. The molecule has 1 aromatic carbocycles. The monoisotopic (exact) mass is 258 g/mol. The highest BCUT2D eigenvalue weighted by molar-refractivity contribution is 5.61. The van der Waals surface area contributed by atoms with Gasteiger partial charge in [-0.15, -0.1) is 0 Å². The number of aromatic nitrogens is 2. The number of anilines is 1. The van der Waals surface area contributed by atoms with Crippen LogP contribution in [-0.4, -0.2) is 21.7 Å². The first kappa shape index (κ1) is 11.9. The minimum atomic E-state index is 0.185. The lowest BCUT2D eigenvalue weighted by atomic mass is 10.1. The standard InChI is InChI=1S/C13H14N4O2/c14-17-13-10-7-19-5-4-11(10)15-12(16-13)8-2-1-3-9(18)6-8/h1-3,6,18H,4-5,7,14H2,(H,15,16,17). The highest BCUT2D eigenvalue weighted by Gasteiger charge is 2.18. The van der Waals surface area contributed by atoms with Gasteiger partial charge in [0.15, 0.2) is 5.82 Å². The topological polar surface area (TPSA) is 93.3 Å². The zero-order chi connectivity index (χ0) is 13.2. The first-order valence-corrected chi connectivity index (χ1v) is 6.01. The smallest absolute Gasteiger partial charge is 0.161 e. The molecule has 3 rings (SSSR count). The van der Waals surface area contributed by atoms with Crippen LogP contribution in [0.4, 0.5) is 5.82 Å². The van der Waals surface area contributed by atoms with Crippen LogP contribution >= 0.6 is 0 Å². The molecule has 4 N–H and O–H groups in total. The molecule has 0 spiro atoms. The van der Waals surface area contributed by atoms with E-state index >= 15 is 0 Å². The van der Waals surface area contributed by atoms with Crippen molar-refractivity contribution in [3.05, 3.63) is 35.5 Å². The van der Waals surface area contributed by atoms with E-state index in [4.69, 9.17) is 10.6 Å². The second-order valence-corrected chi connectivity index (χ2v) is 4.32. The van der Waals surface area contributed by atoms with Crippen molar-refractivity contribution >= 4 is 5.82 Å². The Bertz CT molecular complexity index is 598. The van der Waals surface area contributed by atoms with E-state index in [1.165, 1.54) is 0 Å². The number of fused-ring (bicyclic) bond motifs is 1. The van der Waals surface area contributed by atoms with E-state index in [1.54, 1.807) is 18.2 Å². The van der Waals surface area contributed by atoms with Crippen LogP contribution in [0.5, 0.6) is 5.75 Å². The third kappa shape index (κ3) is 2.23. The minimum Gasteiger partial charge on any atom is -0.508 e. The predicted molar refractivity (Wildman–Crippen MR) is 70.3 cm³/mol. The summed E-state index contributed by atoms with van der Waals surface area (Å²) in [6.45, 7) is 1.11. The highest BCUT2D eigenvalue weighted by Crippen LogP contribution is 2.26. The summed E-state index contributed by atoms with van der Waals surface area (Å²) in [6.07, 6.45) is 0.734. The quantitative estimate of drug-likeness (QED) is 0.553. The molecule has 0 unspecified atom stereocenters. The molecule has 0 saturated heterocycles. The summed E-state index contributed by atoms with van der Waals surface area (Å²) < 4.78 is 5.39. The van der Waals surface area contributed by atoms with Crippen molar-refractivity contribution in [1.82, 2.24) is 9.97 Å². The third-order valence-corrected chi connectivity index (χ3v) is 3.06. The number of benzene rings is 1. The molecule has 98 valence electrons. The van der Waals surface area contributed by atoms with E-state index in [2.05, 4.69) is 15.4 Å². The Balaban J connectivity index is 2.12. The third-order valence-electron chi connectivity index (χ3n) is 3.06. The number of ether oxygens (including phenoxy) is 1. The zero-order valence-corrected chi connectivity index (χ0v) is 10.3. The van der Waals surface area contributed by atoms with Gasteiger partial charge in [0, 0.05) is 17.5 Å². The van der Waals surface area contributed by atoms with Gasteiger partial charge in [-0.05, 0) is 12.1 Å². The summed E-state index contributed by atoms with van der Waals surface area (Å²) in [4.78, 5) is 8.91. The first-order valence-electron chi connectivity index (χ1n) is 6.01. The van der Waals surface area contributed by atoms with Crippen molar-refractivity contribution in [2.45, 2.75) is 13.0 Å². The molecule has 0 aliphatic carbocycles. The number of nitrogen functional groups attached to an aromatic ring is 1. The van der Waals surface area contributed by atoms with E-state index in [0.717, 1.165) is 23.2 Å². The molecule has 1 aliphatic heterocycles. The largest absolute Gasteiger partial charge is 0.508 e. The van der Waals surface area contributed by atoms with Crippen molar-refractivity contribution in [3.8, 4) is 17.1 Å². The summed E-state index contributed by atoms with van der Waals surface area (Å²) in [5, 5.41) is 9.52. The summed E-state index contributed by atoms with van der Waals surface area (Å²) >= 11 is 0. The molecular weight excluding hydrogens is 244 g/mol. The zero-order valence-electron chi connectivity index (χ0n) is 10.3. The van der Waals surface area contributed by atoms with Crippen LogP contribution in [0, 0.1) is 0 Å². The molecule has 6 heteroatoms. The van der Waals surface area contributed by atoms with Crippen LogP contribution in [0.1, 0.15) is 11.3 Å². The van der Waals surface area contributed by atoms with Gasteiger partial charge in [-0.2, -0.15) is 0 Å². The molecule has 0 radical (unpaired) electrons. The molecule has 1 aliphatic rings. The van der Waals surface area contributed by atoms with Crippen LogP contribution in [0.3, 0.4) is 0 Å². The molecular formula is C13H14N4O2. The van der Waals surface area contributed by atoms with Gasteiger partial charge < -0.3 is 15.3 Å². The Morgan fingerprint density at radius 2 is 2.21 bits per heavy atom. The maximum Gasteiger partial charge on any atom is 0.161 e. The number of nitrogens with zero attached hydrogens (tertiary/aromatic N) is 2. The average molecular weight is 258 g/mol. The van der Waals surface area contributed by atoms with Gasteiger partial charge >= 0.3 is 0 Å². The number of phenols is 1. The fraction of sp³-hybridized carbons (Fsp3) is 0.231. The highest BCUT2D eigenvalue weighted by atomic mass is 16.5. The number of rotatable bonds is 2. The summed E-state index contributed by atoms with van der Waals surface area (Å²) in [5.41, 5.74) is 5.18. The fourth-order valence-electron chi connectivity index (χ4n) is 2.13. The van der Waals surface area contributed by atoms with Crippen LogP contribution in [0.2, 0.25) is 0 Å². The van der Waals surface area contributed by atoms with E-state index in [1.807, 2.05) is 6.07 Å². The SMILES string of the molecule is NNc1nc(-c2cccc(O)c2)nc2c1COCC2. The van der Waals surface area contributed by atoms with Crippen LogP contribution in [0.25, 0.3) is 11.4 Å². The molecule has 0 atom stereocenters. The van der Waals surface area contributed by atoms with Crippen molar-refractivity contribution in [3.63, 3.8) is 0 Å². The number of nitrogens with one attached hydrogen (secondary N) is 1. The van der Waals surface area contributed by atoms with Gasteiger partial charge in [-0.1, -0.05) is 12.1 Å². The maximum absolute atomic E-state index is 9.52. The Morgan fingerprint density at radius 1 is 1.32 bits per heavy atom. The molecule has 2 aromatic rings. The van der Waals surface area contributed by atoms with Crippen LogP contribution in [0.15, 0.2) is 24.3 Å². The molecule has 0 amide bonds. The second kappa shape index (κ2) is 4.83. The number of hydrogen-bond donors (Lipinski definition) is 3. The van der Waals surface area contributed by atoms with E-state index in [0.29, 0.717) is 24.9 Å². The lowest BCUT2D eigenvalue weighted by molar-refractivity contribution is 0.109. The van der Waals surface area contributed by atoms with E-state index in [9.17, 15) is 5.11 Å². The number of hydrazine groups is 1. The lowest BCUT2D eigenvalue weighted by Gasteiger charge is -2.19. The van der Waals surface area contributed by atoms with Gasteiger partial charge in [0.05, 0.1) is 18.9 Å². The second-order valence-electron chi connectivity index (χ2n) is 4.32. The van der Waals surface area contributed by atoms with Crippen molar-refractivity contribution in [2.75, 3.05) is 12.0 Å². The summed E-state index contributed by atoms with van der Waals surface area (Å²) in [5.74, 6) is 6.81. The molecule has 0 bridgehead atoms. The Morgan fingerprint density at radius 3 is 3.00 bits per heavy atom. The molecule has 0 fully saturated rings. The minimum absolute atomic E-state index is 0.185. The van der Waals surface area contributed by atoms with Crippen molar-refractivity contribution in [2.24, 2.45) is 5.84 Å². The maximum atomic E-state index is 9.52. The lowest BCUT2D eigenvalue weighted by Crippen LogP contribution is -2.19. The van der Waals surface area contributed by atoms with Gasteiger partial charge in [-0.3, -0.25) is 0 Å². The molecule has 1 aromatic heterocycles. The molecule has 0 saturated carbocycles. The first-order chi connectivity index (χ1) is 9.28. The molecule has 2 heterocycles. The van der Waals surface area contributed by atoms with Gasteiger partial charge in [0.1, 0.15) is 11.6 Å². The van der Waals surface area contributed by atoms with Crippen LogP contribution < -0.4 is 11.3 Å². The van der Waals surface area contributed by atoms with Crippen LogP contribution in [-0.2, 0) is 17.8 Å². The van der Waals surface area contributed by atoms with Crippen molar-refractivity contribution in [1.29, 1.82) is 0 Å². The Labute approximate surface area is 110 Å². The Hall–Kier alpha value is -2.18. The normalized spacial score (nSPS) is 13.9. The number of nitrogens with two attached hydrogens (primary N) is 1. The number of aromatic hydroxyl groups is 1. The van der Waals surface area contributed by atoms with Crippen molar-refractivity contribution < 1.29 is 9.84 Å². The predicted octanol–water partition coefficient (Wildman–Crippen LogP) is 1.21. The molecule has 19 heavy (non-hydrogen) atoms. The average Bonchev–Trinajstić information content (AvgIpc) is 2.46. The van der Waals surface area contributed by atoms with Gasteiger partial charge in [0.2, 0.25) is 0 Å². The fourth-order valence-corrected chi connectivity index (χ4v) is 2.13. The van der Waals surface area contributed by atoms with Gasteiger partial charge in [-0.25, -0.2) is 15.8 Å².